The fourth-order valence-corrected chi connectivity index (χ4v) is 1.28. The largest absolute Gasteiger partial charge is 0.315 e. The first-order chi connectivity index (χ1) is 5.29. The smallest absolute Gasteiger partial charge is 0.227 e. The zero-order chi connectivity index (χ0) is 8.27. The van der Waals surface area contributed by atoms with Gasteiger partial charge in [0.15, 0.2) is 0 Å². The quantitative estimate of drug-likeness (QED) is 0.616. The van der Waals surface area contributed by atoms with E-state index < -0.39 is 0 Å². The minimum atomic E-state index is 0.710. The molecule has 1 N–H and O–H groups in total. The number of alkyl halides is 1. The van der Waals surface area contributed by atoms with Crippen molar-refractivity contribution in [2.24, 2.45) is 7.05 Å². The van der Waals surface area contributed by atoms with Gasteiger partial charge in [-0.05, 0) is 0 Å². The minimum absolute atomic E-state index is 0.710. The normalized spacial score (nSPS) is 10.1. The van der Waals surface area contributed by atoms with Crippen LogP contribution in [0.4, 0.5) is 5.95 Å². The maximum absolute atomic E-state index is 4.72. The van der Waals surface area contributed by atoms with Crippen LogP contribution < -0.4 is 5.48 Å². The van der Waals surface area contributed by atoms with E-state index in [1.807, 2.05) is 11.6 Å². The summed E-state index contributed by atoms with van der Waals surface area (Å²) in [4.78, 5) is 8.79. The average molecular weight is 220 g/mol. The molecule has 0 amide bonds. The van der Waals surface area contributed by atoms with Crippen molar-refractivity contribution in [1.82, 2.24) is 9.55 Å². The third-order valence-electron chi connectivity index (χ3n) is 1.41. The van der Waals surface area contributed by atoms with Gasteiger partial charge in [-0.15, -0.1) is 0 Å². The SMILES string of the molecule is CONc1ncc(CBr)n1C. The summed E-state index contributed by atoms with van der Waals surface area (Å²) in [5, 5.41) is 0.794. The van der Waals surface area contributed by atoms with Crippen LogP contribution in [-0.4, -0.2) is 16.7 Å². The summed E-state index contributed by atoms with van der Waals surface area (Å²) in [6.07, 6.45) is 1.79. The molecule has 0 saturated heterocycles. The molecule has 5 heteroatoms. The molecule has 0 aliphatic carbocycles. The lowest BCUT2D eigenvalue weighted by molar-refractivity contribution is 0.265. The van der Waals surface area contributed by atoms with Crippen molar-refractivity contribution in [2.75, 3.05) is 12.6 Å². The van der Waals surface area contributed by atoms with Gasteiger partial charge in [0.2, 0.25) is 5.95 Å². The summed E-state index contributed by atoms with van der Waals surface area (Å²) in [6.45, 7) is 0. The van der Waals surface area contributed by atoms with E-state index >= 15 is 0 Å². The Morgan fingerprint density at radius 3 is 3.00 bits per heavy atom. The number of hydrogen-bond donors (Lipinski definition) is 1. The van der Waals surface area contributed by atoms with Gasteiger partial charge in [-0.1, -0.05) is 15.9 Å². The number of nitrogens with one attached hydrogen (secondary N) is 1. The predicted molar refractivity (Wildman–Crippen MR) is 46.5 cm³/mol. The lowest BCUT2D eigenvalue weighted by atomic mass is 10.5. The molecule has 0 bridgehead atoms. The topological polar surface area (TPSA) is 39.1 Å². The van der Waals surface area contributed by atoms with Crippen LogP contribution >= 0.6 is 15.9 Å². The second-order valence-corrected chi connectivity index (χ2v) is 2.63. The Bertz CT molecular complexity index is 236. The van der Waals surface area contributed by atoms with E-state index in [0.717, 1.165) is 11.0 Å². The molecule has 4 nitrogen and oxygen atoms in total. The van der Waals surface area contributed by atoms with E-state index in [1.165, 1.54) is 0 Å². The predicted octanol–water partition coefficient (Wildman–Crippen LogP) is 1.29. The van der Waals surface area contributed by atoms with Gasteiger partial charge in [0, 0.05) is 18.1 Å². The Kier molecular flexibility index (Phi) is 2.90. The second kappa shape index (κ2) is 3.73. The molecule has 11 heavy (non-hydrogen) atoms. The number of halogens is 1. The number of hydrogen-bond acceptors (Lipinski definition) is 3. The van der Waals surface area contributed by atoms with Gasteiger partial charge < -0.3 is 4.57 Å². The highest BCUT2D eigenvalue weighted by atomic mass is 79.9. The van der Waals surface area contributed by atoms with Gasteiger partial charge >= 0.3 is 0 Å². The van der Waals surface area contributed by atoms with Crippen molar-refractivity contribution in [1.29, 1.82) is 0 Å². The highest BCUT2D eigenvalue weighted by molar-refractivity contribution is 9.08. The van der Waals surface area contributed by atoms with Crippen molar-refractivity contribution in [3.05, 3.63) is 11.9 Å². The Balaban J connectivity index is 2.82. The molecule has 0 aromatic carbocycles. The van der Waals surface area contributed by atoms with Crippen LogP contribution in [0.3, 0.4) is 0 Å². The van der Waals surface area contributed by atoms with Gasteiger partial charge in [-0.25, -0.2) is 10.5 Å². The Morgan fingerprint density at radius 1 is 1.82 bits per heavy atom. The molecule has 1 rings (SSSR count). The molecule has 0 radical (unpaired) electrons. The first kappa shape index (κ1) is 8.55. The van der Waals surface area contributed by atoms with Crippen LogP contribution in [0.1, 0.15) is 5.69 Å². The van der Waals surface area contributed by atoms with Crippen molar-refractivity contribution in [3.63, 3.8) is 0 Å². The molecular formula is C6H10BrN3O. The molecule has 0 spiro atoms. The van der Waals surface area contributed by atoms with Crippen molar-refractivity contribution >= 4 is 21.9 Å². The fourth-order valence-electron chi connectivity index (χ4n) is 0.755. The van der Waals surface area contributed by atoms with Gasteiger partial charge in [-0.3, -0.25) is 4.84 Å². The number of nitrogens with zero attached hydrogens (tertiary/aromatic N) is 2. The summed E-state index contributed by atoms with van der Waals surface area (Å²) in [5.74, 6) is 0.710. The first-order valence-electron chi connectivity index (χ1n) is 3.15. The fraction of sp³-hybridized carbons (Fsp3) is 0.500. The lowest BCUT2D eigenvalue weighted by Gasteiger charge is -2.03. The molecule has 0 saturated carbocycles. The van der Waals surface area contributed by atoms with E-state index in [1.54, 1.807) is 13.3 Å². The van der Waals surface area contributed by atoms with Crippen molar-refractivity contribution < 1.29 is 4.84 Å². The molecule has 62 valence electrons. The monoisotopic (exact) mass is 219 g/mol. The second-order valence-electron chi connectivity index (χ2n) is 2.07. The third-order valence-corrected chi connectivity index (χ3v) is 1.99. The third kappa shape index (κ3) is 1.72. The molecule has 0 fully saturated rings. The number of anilines is 1. The molecule has 0 aliphatic heterocycles. The lowest BCUT2D eigenvalue weighted by Crippen LogP contribution is -2.04. The van der Waals surface area contributed by atoms with Gasteiger partial charge in [-0.2, -0.15) is 0 Å². The van der Waals surface area contributed by atoms with Gasteiger partial charge in [0.05, 0.1) is 13.3 Å². The first-order valence-corrected chi connectivity index (χ1v) is 4.27. The highest BCUT2D eigenvalue weighted by Crippen LogP contribution is 2.10. The maximum atomic E-state index is 4.72. The van der Waals surface area contributed by atoms with Crippen molar-refractivity contribution in [2.45, 2.75) is 5.33 Å². The van der Waals surface area contributed by atoms with Crippen molar-refractivity contribution in [3.8, 4) is 0 Å². The van der Waals surface area contributed by atoms with Gasteiger partial charge in [0.25, 0.3) is 0 Å². The van der Waals surface area contributed by atoms with Gasteiger partial charge in [0.1, 0.15) is 0 Å². The molecule has 0 atom stereocenters. The van der Waals surface area contributed by atoms with E-state index in [-0.39, 0.29) is 0 Å². The van der Waals surface area contributed by atoms with E-state index in [9.17, 15) is 0 Å². The van der Waals surface area contributed by atoms with Crippen LogP contribution in [0.15, 0.2) is 6.20 Å². The van der Waals surface area contributed by atoms with Crippen LogP contribution in [0.2, 0.25) is 0 Å². The van der Waals surface area contributed by atoms with Crippen LogP contribution in [0.5, 0.6) is 0 Å². The zero-order valence-corrected chi connectivity index (χ0v) is 8.05. The van der Waals surface area contributed by atoms with E-state index in [0.29, 0.717) is 5.95 Å². The summed E-state index contributed by atoms with van der Waals surface area (Å²) in [6, 6.07) is 0. The molecule has 0 aliphatic rings. The number of aromatic nitrogens is 2. The zero-order valence-electron chi connectivity index (χ0n) is 6.47. The summed E-state index contributed by atoms with van der Waals surface area (Å²) < 4.78 is 1.91. The molecular weight excluding hydrogens is 210 g/mol. The van der Waals surface area contributed by atoms with Crippen LogP contribution in [0.25, 0.3) is 0 Å². The van der Waals surface area contributed by atoms with E-state index in [2.05, 4.69) is 26.4 Å². The maximum Gasteiger partial charge on any atom is 0.227 e. The highest BCUT2D eigenvalue weighted by Gasteiger charge is 2.02. The minimum Gasteiger partial charge on any atom is -0.315 e. The molecule has 0 unspecified atom stereocenters. The number of imidazole rings is 1. The summed E-state index contributed by atoms with van der Waals surface area (Å²) in [5.41, 5.74) is 3.76. The summed E-state index contributed by atoms with van der Waals surface area (Å²) >= 11 is 3.34. The van der Waals surface area contributed by atoms with Crippen LogP contribution in [0, 0.1) is 0 Å². The Hall–Kier alpha value is -0.550. The van der Waals surface area contributed by atoms with E-state index in [4.69, 9.17) is 4.84 Å². The Morgan fingerprint density at radius 2 is 2.55 bits per heavy atom. The number of rotatable bonds is 3. The molecule has 1 aromatic heterocycles. The molecule has 1 aromatic rings. The average Bonchev–Trinajstić information content (AvgIpc) is 2.34. The molecule has 1 heterocycles. The standard InChI is InChI=1S/C6H10BrN3O/c1-10-5(3-7)4-8-6(10)9-11-2/h4H,3H2,1-2H3,(H,8,9). The van der Waals surface area contributed by atoms with Crippen LogP contribution in [-0.2, 0) is 17.2 Å². The Labute approximate surface area is 73.7 Å². The summed E-state index contributed by atoms with van der Waals surface area (Å²) in [7, 11) is 3.48.